The Bertz CT molecular complexity index is 916. The van der Waals surface area contributed by atoms with Gasteiger partial charge in [-0.15, -0.1) is 0 Å². The summed E-state index contributed by atoms with van der Waals surface area (Å²) in [5.41, 5.74) is 1.65. The minimum absolute atomic E-state index is 0.0123. The van der Waals surface area contributed by atoms with Gasteiger partial charge in [0.2, 0.25) is 5.91 Å². The Morgan fingerprint density at radius 2 is 2.18 bits per heavy atom. The molecule has 1 aliphatic heterocycles. The molecule has 28 heavy (non-hydrogen) atoms. The van der Waals surface area contributed by atoms with Crippen molar-refractivity contribution in [2.45, 2.75) is 6.04 Å². The Labute approximate surface area is 163 Å². The number of aromatic nitrogens is 3. The molecule has 9 nitrogen and oxygen atoms in total. The minimum Gasteiger partial charge on any atom is -0.374 e. The molecule has 3 N–H and O–H groups in total. The van der Waals surface area contributed by atoms with Crippen LogP contribution in [-0.4, -0.2) is 77.5 Å². The molecule has 0 radical (unpaired) electrons. The van der Waals surface area contributed by atoms with Gasteiger partial charge < -0.3 is 25.4 Å². The largest absolute Gasteiger partial charge is 0.374 e. The number of nitrogens with one attached hydrogen (secondary N) is 3. The molecule has 0 aliphatic carbocycles. The third kappa shape index (κ3) is 4.74. The van der Waals surface area contributed by atoms with Crippen LogP contribution >= 0.6 is 0 Å². The molecular formula is C19H25N7O2. The number of likely N-dealkylation sites (N-methyl/N-ethyl adjacent to an activating group) is 1. The molecule has 1 saturated heterocycles. The summed E-state index contributed by atoms with van der Waals surface area (Å²) in [6.07, 6.45) is 8.32. The molecule has 1 aliphatic rings. The SMILES string of the molecule is CNc1cncc(-c2c[nH]c(=O)c(NC3CN(C(=O)C=CCN(C)C)C3)c2)n1. The van der Waals surface area contributed by atoms with E-state index in [0.717, 1.165) is 12.1 Å². The summed E-state index contributed by atoms with van der Waals surface area (Å²) in [7, 11) is 5.67. The fourth-order valence-corrected chi connectivity index (χ4v) is 2.80. The van der Waals surface area contributed by atoms with E-state index in [9.17, 15) is 9.59 Å². The molecule has 9 heteroatoms. The lowest BCUT2D eigenvalue weighted by Crippen LogP contribution is -2.57. The number of likely N-dealkylation sites (tertiary alicyclic amines) is 1. The molecule has 0 bridgehead atoms. The fraction of sp³-hybridized carbons (Fsp3) is 0.368. The predicted octanol–water partition coefficient (Wildman–Crippen LogP) is 0.614. The number of carbonyl (C=O) groups excluding carboxylic acids is 1. The molecule has 0 saturated carbocycles. The smallest absolute Gasteiger partial charge is 0.271 e. The molecule has 2 aromatic heterocycles. The van der Waals surface area contributed by atoms with Crippen LogP contribution in [0.4, 0.5) is 11.5 Å². The Morgan fingerprint density at radius 3 is 2.89 bits per heavy atom. The summed E-state index contributed by atoms with van der Waals surface area (Å²) < 4.78 is 0. The molecule has 0 unspecified atom stereocenters. The van der Waals surface area contributed by atoms with E-state index in [2.05, 4.69) is 25.6 Å². The fourth-order valence-electron chi connectivity index (χ4n) is 2.80. The molecule has 1 amide bonds. The predicted molar refractivity (Wildman–Crippen MR) is 109 cm³/mol. The first-order valence-electron chi connectivity index (χ1n) is 9.06. The number of H-pyrrole nitrogens is 1. The zero-order valence-corrected chi connectivity index (χ0v) is 16.3. The number of hydrogen-bond donors (Lipinski definition) is 3. The second-order valence-electron chi connectivity index (χ2n) is 6.92. The average molecular weight is 383 g/mol. The molecule has 0 spiro atoms. The van der Waals surface area contributed by atoms with E-state index in [-0.39, 0.29) is 17.5 Å². The first kappa shape index (κ1) is 19.6. The number of pyridine rings is 1. The van der Waals surface area contributed by atoms with Crippen molar-refractivity contribution in [3.63, 3.8) is 0 Å². The standard InChI is InChI=1S/C19H25N7O2/c1-20-17-10-21-9-16(24-17)13-7-15(19(28)22-8-13)23-14-11-26(12-14)18(27)5-4-6-25(2)3/h4-5,7-10,14,23H,6,11-12H2,1-3H3,(H,20,24)(H,22,28). The van der Waals surface area contributed by atoms with E-state index in [0.29, 0.717) is 30.3 Å². The van der Waals surface area contributed by atoms with Gasteiger partial charge in [-0.1, -0.05) is 6.08 Å². The number of amides is 1. The van der Waals surface area contributed by atoms with E-state index in [1.54, 1.807) is 42.7 Å². The van der Waals surface area contributed by atoms with Gasteiger partial charge in [0.15, 0.2) is 0 Å². The summed E-state index contributed by atoms with van der Waals surface area (Å²) in [6.45, 7) is 1.84. The van der Waals surface area contributed by atoms with Crippen molar-refractivity contribution >= 4 is 17.4 Å². The molecule has 0 aromatic carbocycles. The number of rotatable bonds is 7. The summed E-state index contributed by atoms with van der Waals surface area (Å²) in [4.78, 5) is 39.3. The van der Waals surface area contributed by atoms with Gasteiger partial charge in [0.25, 0.3) is 5.56 Å². The van der Waals surface area contributed by atoms with E-state index in [1.807, 2.05) is 25.1 Å². The van der Waals surface area contributed by atoms with Crippen LogP contribution in [0.5, 0.6) is 0 Å². The quantitative estimate of drug-likeness (QED) is 0.602. The highest BCUT2D eigenvalue weighted by atomic mass is 16.2. The monoisotopic (exact) mass is 383 g/mol. The molecule has 148 valence electrons. The van der Waals surface area contributed by atoms with Crippen LogP contribution < -0.4 is 16.2 Å². The van der Waals surface area contributed by atoms with E-state index >= 15 is 0 Å². The molecule has 3 rings (SSSR count). The maximum absolute atomic E-state index is 12.2. The van der Waals surface area contributed by atoms with Gasteiger partial charge in [-0.25, -0.2) is 4.98 Å². The normalized spacial score (nSPS) is 14.4. The third-order valence-electron chi connectivity index (χ3n) is 4.37. The van der Waals surface area contributed by atoms with Crippen molar-refractivity contribution in [2.24, 2.45) is 0 Å². The maximum Gasteiger partial charge on any atom is 0.271 e. The van der Waals surface area contributed by atoms with Crippen LogP contribution in [0.1, 0.15) is 0 Å². The van der Waals surface area contributed by atoms with Gasteiger partial charge in [-0.3, -0.25) is 14.6 Å². The van der Waals surface area contributed by atoms with E-state index in [4.69, 9.17) is 0 Å². The van der Waals surface area contributed by atoms with Crippen LogP contribution in [0.2, 0.25) is 0 Å². The van der Waals surface area contributed by atoms with Crippen LogP contribution in [-0.2, 0) is 4.79 Å². The Balaban J connectivity index is 1.62. The Kier molecular flexibility index (Phi) is 6.05. The number of anilines is 2. The van der Waals surface area contributed by atoms with Gasteiger partial charge in [0.05, 0.1) is 24.1 Å². The van der Waals surface area contributed by atoms with Crippen molar-refractivity contribution in [2.75, 3.05) is 51.4 Å². The van der Waals surface area contributed by atoms with Crippen molar-refractivity contribution in [3.8, 4) is 11.3 Å². The van der Waals surface area contributed by atoms with Crippen molar-refractivity contribution in [1.82, 2.24) is 24.8 Å². The van der Waals surface area contributed by atoms with Gasteiger partial charge >= 0.3 is 0 Å². The Morgan fingerprint density at radius 1 is 1.39 bits per heavy atom. The summed E-state index contributed by atoms with van der Waals surface area (Å²) >= 11 is 0. The zero-order chi connectivity index (χ0) is 20.1. The van der Waals surface area contributed by atoms with E-state index < -0.39 is 0 Å². The van der Waals surface area contributed by atoms with Gasteiger partial charge in [0, 0.05) is 44.5 Å². The minimum atomic E-state index is -0.211. The zero-order valence-electron chi connectivity index (χ0n) is 16.3. The number of nitrogens with zero attached hydrogens (tertiary/aromatic N) is 4. The molecule has 0 atom stereocenters. The summed E-state index contributed by atoms with van der Waals surface area (Å²) in [6, 6.07) is 1.79. The average Bonchev–Trinajstić information content (AvgIpc) is 2.65. The summed E-state index contributed by atoms with van der Waals surface area (Å²) in [5.74, 6) is 0.635. The van der Waals surface area contributed by atoms with E-state index in [1.165, 1.54) is 0 Å². The van der Waals surface area contributed by atoms with Crippen molar-refractivity contribution in [3.05, 3.63) is 47.2 Å². The topological polar surface area (TPSA) is 106 Å². The lowest BCUT2D eigenvalue weighted by molar-refractivity contribution is -0.129. The number of hydrogen-bond acceptors (Lipinski definition) is 7. The Hall–Kier alpha value is -3.20. The van der Waals surface area contributed by atoms with Crippen molar-refractivity contribution in [1.29, 1.82) is 0 Å². The van der Waals surface area contributed by atoms with Gasteiger partial charge in [-0.2, -0.15) is 0 Å². The third-order valence-corrected chi connectivity index (χ3v) is 4.37. The van der Waals surface area contributed by atoms with Crippen LogP contribution in [0.3, 0.4) is 0 Å². The highest BCUT2D eigenvalue weighted by Gasteiger charge is 2.29. The first-order chi connectivity index (χ1) is 13.5. The number of carbonyl (C=O) groups is 1. The lowest BCUT2D eigenvalue weighted by atomic mass is 10.1. The second-order valence-corrected chi connectivity index (χ2v) is 6.92. The number of aromatic amines is 1. The first-order valence-corrected chi connectivity index (χ1v) is 9.06. The van der Waals surface area contributed by atoms with Crippen molar-refractivity contribution < 1.29 is 4.79 Å². The lowest BCUT2D eigenvalue weighted by Gasteiger charge is -2.39. The second kappa shape index (κ2) is 8.66. The molecule has 2 aromatic rings. The molecular weight excluding hydrogens is 358 g/mol. The molecule has 3 heterocycles. The molecule has 1 fully saturated rings. The van der Waals surface area contributed by atoms with Crippen LogP contribution in [0.15, 0.2) is 41.6 Å². The van der Waals surface area contributed by atoms with Crippen LogP contribution in [0.25, 0.3) is 11.3 Å². The van der Waals surface area contributed by atoms with Gasteiger partial charge in [0.1, 0.15) is 11.5 Å². The maximum atomic E-state index is 12.2. The summed E-state index contributed by atoms with van der Waals surface area (Å²) in [5, 5.41) is 6.15. The highest BCUT2D eigenvalue weighted by Crippen LogP contribution is 2.20. The highest BCUT2D eigenvalue weighted by molar-refractivity contribution is 5.88. The van der Waals surface area contributed by atoms with Crippen LogP contribution in [0, 0.1) is 0 Å². The van der Waals surface area contributed by atoms with Gasteiger partial charge in [-0.05, 0) is 20.2 Å².